The second kappa shape index (κ2) is 13.3. The monoisotopic (exact) mass is 294 g/mol. The summed E-state index contributed by atoms with van der Waals surface area (Å²) in [6.07, 6.45) is 0. The molecule has 2 aromatic carbocycles. The van der Waals surface area contributed by atoms with Crippen LogP contribution in [-0.2, 0) is 0 Å². The Morgan fingerprint density at radius 1 is 0.619 bits per heavy atom. The lowest BCUT2D eigenvalue weighted by molar-refractivity contribution is 0.618. The Morgan fingerprint density at radius 3 is 1.38 bits per heavy atom. The van der Waals surface area contributed by atoms with E-state index in [9.17, 15) is 8.78 Å². The Balaban J connectivity index is 0. The van der Waals surface area contributed by atoms with Gasteiger partial charge in [-0.15, -0.1) is 0 Å². The molecule has 0 heterocycles. The Kier molecular flexibility index (Phi) is 13.7. The van der Waals surface area contributed by atoms with Crippen molar-refractivity contribution in [3.8, 4) is 0 Å². The highest BCUT2D eigenvalue weighted by atomic mass is 19.1. The lowest BCUT2D eigenvalue weighted by Crippen LogP contribution is -1.81. The van der Waals surface area contributed by atoms with Crippen molar-refractivity contribution in [1.29, 1.82) is 0 Å². The second-order valence-corrected chi connectivity index (χ2v) is 4.05. The predicted octanol–water partition coefficient (Wildman–Crippen LogP) is 6.63. The van der Waals surface area contributed by atoms with Crippen molar-refractivity contribution in [1.82, 2.24) is 0 Å². The highest BCUT2D eigenvalue weighted by Gasteiger charge is 1.93. The van der Waals surface area contributed by atoms with Gasteiger partial charge in [0, 0.05) is 0 Å². The third-order valence-electron chi connectivity index (χ3n) is 2.32. The number of halogens is 2. The second-order valence-electron chi connectivity index (χ2n) is 4.05. The van der Waals surface area contributed by atoms with Crippen LogP contribution in [0.2, 0.25) is 0 Å². The molecule has 0 atom stereocenters. The van der Waals surface area contributed by atoms with Gasteiger partial charge in [0.1, 0.15) is 11.6 Å². The first-order valence-electron chi connectivity index (χ1n) is 7.44. The molecular weight excluding hydrogens is 266 g/mol. The fourth-order valence-electron chi connectivity index (χ4n) is 1.33. The van der Waals surface area contributed by atoms with Crippen LogP contribution in [0.1, 0.15) is 44.4 Å². The Morgan fingerprint density at radius 2 is 1.05 bits per heavy atom. The highest BCUT2D eigenvalue weighted by Crippen LogP contribution is 2.07. The first kappa shape index (κ1) is 21.6. The fourth-order valence-corrected chi connectivity index (χ4v) is 1.33. The third kappa shape index (κ3) is 10.7. The quantitative estimate of drug-likeness (QED) is 0.511. The van der Waals surface area contributed by atoms with E-state index in [0.29, 0.717) is 0 Å². The van der Waals surface area contributed by atoms with Crippen molar-refractivity contribution < 1.29 is 8.78 Å². The van der Waals surface area contributed by atoms with Crippen molar-refractivity contribution in [2.45, 2.75) is 48.5 Å². The summed E-state index contributed by atoms with van der Waals surface area (Å²) in [5.41, 5.74) is 2.91. The van der Waals surface area contributed by atoms with Gasteiger partial charge in [0.15, 0.2) is 0 Å². The fraction of sp³-hybridized carbons (Fsp3) is 0.368. The zero-order chi connectivity index (χ0) is 16.8. The molecule has 0 fully saturated rings. The maximum atomic E-state index is 12.5. The van der Waals surface area contributed by atoms with Crippen LogP contribution >= 0.6 is 0 Å². The van der Waals surface area contributed by atoms with E-state index >= 15 is 0 Å². The Bertz CT molecular complexity index is 452. The molecule has 0 bridgehead atoms. The first-order valence-corrected chi connectivity index (χ1v) is 7.44. The Labute approximate surface area is 128 Å². The summed E-state index contributed by atoms with van der Waals surface area (Å²) >= 11 is 0. The van der Waals surface area contributed by atoms with Crippen LogP contribution < -0.4 is 0 Å². The first-order chi connectivity index (χ1) is 9.99. The van der Waals surface area contributed by atoms with Crippen LogP contribution in [-0.4, -0.2) is 0 Å². The van der Waals surface area contributed by atoms with E-state index in [0.717, 1.165) is 16.7 Å². The number of rotatable bonds is 0. The molecule has 0 aliphatic heterocycles. The van der Waals surface area contributed by atoms with Gasteiger partial charge in [0.2, 0.25) is 0 Å². The van der Waals surface area contributed by atoms with Crippen LogP contribution in [0.15, 0.2) is 42.5 Å². The average molecular weight is 294 g/mol. The van der Waals surface area contributed by atoms with Gasteiger partial charge < -0.3 is 0 Å². The van der Waals surface area contributed by atoms with Crippen LogP contribution in [0.4, 0.5) is 8.78 Å². The van der Waals surface area contributed by atoms with Gasteiger partial charge in [-0.25, -0.2) is 8.78 Å². The van der Waals surface area contributed by atoms with Crippen molar-refractivity contribution >= 4 is 0 Å². The minimum atomic E-state index is -0.171. The number of aryl methyl sites for hydroxylation is 3. The van der Waals surface area contributed by atoms with Gasteiger partial charge in [0.25, 0.3) is 0 Å². The van der Waals surface area contributed by atoms with Crippen LogP contribution in [0.5, 0.6) is 0 Å². The molecule has 0 spiro atoms. The van der Waals surface area contributed by atoms with Crippen LogP contribution in [0.3, 0.4) is 0 Å². The van der Waals surface area contributed by atoms with Gasteiger partial charge in [-0.05, 0) is 44.5 Å². The lowest BCUT2D eigenvalue weighted by Gasteiger charge is -1.95. The molecule has 0 saturated carbocycles. The van der Waals surface area contributed by atoms with E-state index in [1.54, 1.807) is 25.1 Å². The number of benzene rings is 2. The van der Waals surface area contributed by atoms with Gasteiger partial charge in [-0.2, -0.15) is 0 Å². The molecule has 0 aromatic heterocycles. The SMILES string of the molecule is CC.CC.Cc1ccc(F)c(C)c1.Cc1ccc(F)cc1. The molecule has 2 aromatic rings. The molecule has 0 radical (unpaired) electrons. The standard InChI is InChI=1S/C8H9F.C7H7F.2C2H6/c1-6-3-4-8(9)7(2)5-6;1-6-2-4-7(8)5-3-6;2*1-2/h3-5H,1-2H3;2-5H,1H3;2*1-2H3. The van der Waals surface area contributed by atoms with Gasteiger partial charge in [0.05, 0.1) is 0 Å². The summed E-state index contributed by atoms with van der Waals surface area (Å²) in [6.45, 7) is 13.6. The largest absolute Gasteiger partial charge is 0.207 e. The Hall–Kier alpha value is -1.70. The smallest absolute Gasteiger partial charge is 0.126 e. The molecule has 0 unspecified atom stereocenters. The van der Waals surface area contributed by atoms with Crippen LogP contribution in [0, 0.1) is 32.4 Å². The highest BCUT2D eigenvalue weighted by molar-refractivity contribution is 5.22. The molecule has 0 aliphatic carbocycles. The van der Waals surface area contributed by atoms with E-state index in [4.69, 9.17) is 0 Å². The number of hydrogen-bond donors (Lipinski definition) is 0. The third-order valence-corrected chi connectivity index (χ3v) is 2.32. The molecule has 21 heavy (non-hydrogen) atoms. The summed E-state index contributed by atoms with van der Waals surface area (Å²) in [6, 6.07) is 11.5. The zero-order valence-corrected chi connectivity index (χ0v) is 14.3. The molecule has 0 N–H and O–H groups in total. The van der Waals surface area contributed by atoms with Crippen molar-refractivity contribution in [2.75, 3.05) is 0 Å². The topological polar surface area (TPSA) is 0 Å². The molecule has 2 heteroatoms. The molecule has 0 saturated heterocycles. The maximum absolute atomic E-state index is 12.5. The maximum Gasteiger partial charge on any atom is 0.126 e. The van der Waals surface area contributed by atoms with Gasteiger partial charge >= 0.3 is 0 Å². The molecule has 0 nitrogen and oxygen atoms in total. The van der Waals surface area contributed by atoms with Crippen molar-refractivity contribution in [3.05, 3.63) is 70.8 Å². The summed E-state index contributed by atoms with van der Waals surface area (Å²) in [7, 11) is 0. The summed E-state index contributed by atoms with van der Waals surface area (Å²) in [4.78, 5) is 0. The minimum Gasteiger partial charge on any atom is -0.207 e. The van der Waals surface area contributed by atoms with Crippen molar-refractivity contribution in [3.63, 3.8) is 0 Å². The predicted molar refractivity (Wildman–Crippen MR) is 89.7 cm³/mol. The summed E-state index contributed by atoms with van der Waals surface area (Å²) in [5, 5.41) is 0. The summed E-state index contributed by atoms with van der Waals surface area (Å²) in [5.74, 6) is -0.295. The van der Waals surface area contributed by atoms with E-state index < -0.39 is 0 Å². The minimum absolute atomic E-state index is 0.124. The molecule has 0 amide bonds. The van der Waals surface area contributed by atoms with Crippen molar-refractivity contribution in [2.24, 2.45) is 0 Å². The molecule has 118 valence electrons. The van der Waals surface area contributed by atoms with Crippen LogP contribution in [0.25, 0.3) is 0 Å². The van der Waals surface area contributed by atoms with E-state index in [2.05, 4.69) is 0 Å². The van der Waals surface area contributed by atoms with Gasteiger partial charge in [-0.1, -0.05) is 63.1 Å². The van der Waals surface area contributed by atoms with E-state index in [-0.39, 0.29) is 11.6 Å². The zero-order valence-electron chi connectivity index (χ0n) is 14.3. The summed E-state index contributed by atoms with van der Waals surface area (Å²) < 4.78 is 24.6. The van der Waals surface area contributed by atoms with E-state index in [1.165, 1.54) is 18.2 Å². The molecule has 0 aliphatic rings. The molecule has 2 rings (SSSR count). The van der Waals surface area contributed by atoms with Gasteiger partial charge in [-0.3, -0.25) is 0 Å². The lowest BCUT2D eigenvalue weighted by atomic mass is 10.1. The average Bonchev–Trinajstić information content (AvgIpc) is 2.51. The normalized spacial score (nSPS) is 8.24. The molecular formula is C19H28F2. The van der Waals surface area contributed by atoms with E-state index in [1.807, 2.05) is 47.6 Å². The number of hydrogen-bond acceptors (Lipinski definition) is 0.